The summed E-state index contributed by atoms with van der Waals surface area (Å²) in [6.45, 7) is 2.16. The molecule has 1 aromatic heterocycles. The summed E-state index contributed by atoms with van der Waals surface area (Å²) in [5, 5.41) is 3.45. The lowest BCUT2D eigenvalue weighted by Crippen LogP contribution is -2.37. The van der Waals surface area contributed by atoms with Crippen molar-refractivity contribution in [2.24, 2.45) is 0 Å². The molecule has 0 saturated heterocycles. The first-order chi connectivity index (χ1) is 7.61. The normalized spacial score (nSPS) is 19.4. The molecule has 0 amide bonds. The SMILES string of the molecule is CC1(Nc2nc[nH]c(=O)c2Cl)CCCCC1. The number of nitrogens with one attached hydrogen (secondary N) is 2. The summed E-state index contributed by atoms with van der Waals surface area (Å²) >= 11 is 5.91. The van der Waals surface area contributed by atoms with E-state index in [4.69, 9.17) is 11.6 Å². The van der Waals surface area contributed by atoms with Crippen LogP contribution in [-0.4, -0.2) is 15.5 Å². The molecule has 2 N–H and O–H groups in total. The third kappa shape index (κ3) is 2.38. The number of rotatable bonds is 2. The molecule has 16 heavy (non-hydrogen) atoms. The number of hydrogen-bond donors (Lipinski definition) is 2. The molecule has 0 aliphatic heterocycles. The third-order valence-corrected chi connectivity index (χ3v) is 3.52. The first-order valence-electron chi connectivity index (χ1n) is 5.62. The Morgan fingerprint density at radius 3 is 2.81 bits per heavy atom. The molecule has 0 spiro atoms. The summed E-state index contributed by atoms with van der Waals surface area (Å²) in [4.78, 5) is 17.8. The molecule has 0 aromatic carbocycles. The lowest BCUT2D eigenvalue weighted by Gasteiger charge is -2.35. The molecule has 1 aliphatic rings. The molecule has 1 heterocycles. The molecular formula is C11H16ClN3O. The number of aromatic nitrogens is 2. The van der Waals surface area contributed by atoms with Gasteiger partial charge in [-0.3, -0.25) is 4.79 Å². The number of halogens is 1. The van der Waals surface area contributed by atoms with Crippen LogP contribution in [0.25, 0.3) is 0 Å². The fourth-order valence-electron chi connectivity index (χ4n) is 2.21. The van der Waals surface area contributed by atoms with Crippen LogP contribution in [-0.2, 0) is 0 Å². The first kappa shape index (κ1) is 11.5. The van der Waals surface area contributed by atoms with E-state index in [0.29, 0.717) is 5.82 Å². The monoisotopic (exact) mass is 241 g/mol. The van der Waals surface area contributed by atoms with Gasteiger partial charge in [0.15, 0.2) is 5.82 Å². The van der Waals surface area contributed by atoms with Crippen LogP contribution in [0, 0.1) is 0 Å². The number of H-pyrrole nitrogens is 1. The van der Waals surface area contributed by atoms with Crippen molar-refractivity contribution < 1.29 is 0 Å². The number of anilines is 1. The van der Waals surface area contributed by atoms with Crippen molar-refractivity contribution in [1.82, 2.24) is 9.97 Å². The highest BCUT2D eigenvalue weighted by atomic mass is 35.5. The van der Waals surface area contributed by atoms with Crippen LogP contribution in [0.4, 0.5) is 5.82 Å². The molecule has 0 unspecified atom stereocenters. The van der Waals surface area contributed by atoms with E-state index in [-0.39, 0.29) is 16.1 Å². The van der Waals surface area contributed by atoms with E-state index in [1.54, 1.807) is 0 Å². The summed E-state index contributed by atoms with van der Waals surface area (Å²) in [5.74, 6) is 0.495. The van der Waals surface area contributed by atoms with E-state index in [2.05, 4.69) is 22.2 Å². The molecule has 2 rings (SSSR count). The molecule has 1 fully saturated rings. The van der Waals surface area contributed by atoms with E-state index in [1.807, 2.05) is 0 Å². The number of nitrogens with zero attached hydrogens (tertiary/aromatic N) is 1. The zero-order valence-electron chi connectivity index (χ0n) is 9.35. The van der Waals surface area contributed by atoms with Crippen LogP contribution < -0.4 is 10.9 Å². The average Bonchev–Trinajstić information content (AvgIpc) is 2.26. The lowest BCUT2D eigenvalue weighted by atomic mass is 9.83. The summed E-state index contributed by atoms with van der Waals surface area (Å²) in [6.07, 6.45) is 7.28. The fourth-order valence-corrected chi connectivity index (χ4v) is 2.36. The van der Waals surface area contributed by atoms with Crippen molar-refractivity contribution in [2.75, 3.05) is 5.32 Å². The van der Waals surface area contributed by atoms with Gasteiger partial charge in [0.2, 0.25) is 0 Å². The standard InChI is InChI=1S/C11H16ClN3O/c1-11(5-3-2-4-6-11)15-9-8(12)10(16)14-7-13-9/h7H,2-6H2,1H3,(H2,13,14,15,16). The van der Waals surface area contributed by atoms with Gasteiger partial charge in [-0.2, -0.15) is 0 Å². The Balaban J connectivity index is 2.19. The summed E-state index contributed by atoms with van der Waals surface area (Å²) in [6, 6.07) is 0. The van der Waals surface area contributed by atoms with Crippen molar-refractivity contribution in [3.63, 3.8) is 0 Å². The molecule has 1 saturated carbocycles. The van der Waals surface area contributed by atoms with Gasteiger partial charge < -0.3 is 10.3 Å². The van der Waals surface area contributed by atoms with E-state index >= 15 is 0 Å². The summed E-state index contributed by atoms with van der Waals surface area (Å²) in [7, 11) is 0. The van der Waals surface area contributed by atoms with Gasteiger partial charge in [-0.15, -0.1) is 0 Å². The topological polar surface area (TPSA) is 57.8 Å². The Kier molecular flexibility index (Phi) is 3.19. The second-order valence-corrected chi connectivity index (χ2v) is 5.02. The van der Waals surface area contributed by atoms with Gasteiger partial charge in [0.25, 0.3) is 5.56 Å². The molecule has 0 bridgehead atoms. The molecule has 5 heteroatoms. The molecule has 4 nitrogen and oxygen atoms in total. The van der Waals surface area contributed by atoms with Crippen molar-refractivity contribution in [1.29, 1.82) is 0 Å². The zero-order chi connectivity index (χ0) is 11.6. The number of aromatic amines is 1. The molecule has 1 aliphatic carbocycles. The molecular weight excluding hydrogens is 226 g/mol. The Labute approximate surface area is 99.4 Å². The Bertz CT molecular complexity index is 423. The van der Waals surface area contributed by atoms with Gasteiger partial charge in [-0.1, -0.05) is 30.9 Å². The number of hydrogen-bond acceptors (Lipinski definition) is 3. The van der Waals surface area contributed by atoms with Gasteiger partial charge in [0, 0.05) is 5.54 Å². The summed E-state index contributed by atoms with van der Waals surface area (Å²) in [5.41, 5.74) is -0.276. The second-order valence-electron chi connectivity index (χ2n) is 4.64. The van der Waals surface area contributed by atoms with Crippen LogP contribution in [0.5, 0.6) is 0 Å². The second kappa shape index (κ2) is 4.45. The highest BCUT2D eigenvalue weighted by molar-refractivity contribution is 6.32. The minimum absolute atomic E-state index is 0.0166. The zero-order valence-corrected chi connectivity index (χ0v) is 10.1. The van der Waals surface area contributed by atoms with Crippen LogP contribution in [0.2, 0.25) is 5.02 Å². The predicted molar refractivity (Wildman–Crippen MR) is 65.0 cm³/mol. The molecule has 0 radical (unpaired) electrons. The van der Waals surface area contributed by atoms with Crippen molar-refractivity contribution in [2.45, 2.75) is 44.6 Å². The summed E-state index contributed by atoms with van der Waals surface area (Å²) < 4.78 is 0. The van der Waals surface area contributed by atoms with E-state index in [9.17, 15) is 4.79 Å². The largest absolute Gasteiger partial charge is 0.363 e. The van der Waals surface area contributed by atoms with Crippen LogP contribution in [0.3, 0.4) is 0 Å². The Hall–Kier alpha value is -1.03. The van der Waals surface area contributed by atoms with E-state index < -0.39 is 0 Å². The minimum atomic E-state index is -0.293. The molecule has 0 atom stereocenters. The highest BCUT2D eigenvalue weighted by Gasteiger charge is 2.27. The minimum Gasteiger partial charge on any atom is -0.363 e. The first-order valence-corrected chi connectivity index (χ1v) is 6.00. The quantitative estimate of drug-likeness (QED) is 0.837. The maximum Gasteiger partial charge on any atom is 0.271 e. The van der Waals surface area contributed by atoms with Crippen LogP contribution in [0.15, 0.2) is 11.1 Å². The van der Waals surface area contributed by atoms with Gasteiger partial charge in [-0.05, 0) is 19.8 Å². The Morgan fingerprint density at radius 1 is 1.44 bits per heavy atom. The molecule has 1 aromatic rings. The van der Waals surface area contributed by atoms with Crippen molar-refractivity contribution in [3.05, 3.63) is 21.7 Å². The maximum absolute atomic E-state index is 11.3. The van der Waals surface area contributed by atoms with E-state index in [1.165, 1.54) is 25.6 Å². The van der Waals surface area contributed by atoms with E-state index in [0.717, 1.165) is 12.8 Å². The highest BCUT2D eigenvalue weighted by Crippen LogP contribution is 2.31. The fraction of sp³-hybridized carbons (Fsp3) is 0.636. The van der Waals surface area contributed by atoms with Crippen molar-refractivity contribution >= 4 is 17.4 Å². The smallest absolute Gasteiger partial charge is 0.271 e. The Morgan fingerprint density at radius 2 is 2.12 bits per heavy atom. The van der Waals surface area contributed by atoms with Gasteiger partial charge >= 0.3 is 0 Å². The lowest BCUT2D eigenvalue weighted by molar-refractivity contribution is 0.348. The van der Waals surface area contributed by atoms with Gasteiger partial charge in [-0.25, -0.2) is 4.98 Å². The van der Waals surface area contributed by atoms with Crippen LogP contribution in [0.1, 0.15) is 39.0 Å². The van der Waals surface area contributed by atoms with Crippen LogP contribution >= 0.6 is 11.6 Å². The molecule has 88 valence electrons. The van der Waals surface area contributed by atoms with Crippen molar-refractivity contribution in [3.8, 4) is 0 Å². The van der Waals surface area contributed by atoms with Gasteiger partial charge in [0.05, 0.1) is 6.33 Å². The average molecular weight is 242 g/mol. The predicted octanol–water partition coefficient (Wildman–Crippen LogP) is 2.56. The third-order valence-electron chi connectivity index (χ3n) is 3.17. The van der Waals surface area contributed by atoms with Gasteiger partial charge in [0.1, 0.15) is 5.02 Å². The maximum atomic E-state index is 11.3.